The Kier molecular flexibility index (Phi) is 2.03. The molecule has 1 fully saturated rings. The van der Waals surface area contributed by atoms with Crippen molar-refractivity contribution in [3.05, 3.63) is 0 Å². The molecule has 0 aliphatic carbocycles. The van der Waals surface area contributed by atoms with Crippen molar-refractivity contribution in [1.82, 2.24) is 5.32 Å². The maximum absolute atomic E-state index is 3.93. The van der Waals surface area contributed by atoms with Crippen molar-refractivity contribution in [2.45, 2.75) is 18.9 Å². The lowest BCUT2D eigenvalue weighted by molar-refractivity contribution is 0.773. The maximum atomic E-state index is 3.93. The summed E-state index contributed by atoms with van der Waals surface area (Å²) in [6, 6.07) is 0.569. The minimum absolute atomic E-state index is 0.569. The lowest BCUT2D eigenvalue weighted by Crippen LogP contribution is -2.22. The summed E-state index contributed by atoms with van der Waals surface area (Å²) in [5.74, 6) is 0. The number of aliphatic imine (C=N–C) groups is 1. The molecule has 0 unspecified atom stereocenters. The van der Waals surface area contributed by atoms with E-state index in [0.29, 0.717) is 6.04 Å². The largest absolute Gasteiger partial charge is 0.309 e. The lowest BCUT2D eigenvalue weighted by atomic mass is 10.2. The second kappa shape index (κ2) is 2.82. The van der Waals surface area contributed by atoms with Crippen molar-refractivity contribution in [1.29, 1.82) is 0 Å². The van der Waals surface area contributed by atoms with Crippen molar-refractivity contribution in [3.8, 4) is 0 Å². The summed E-state index contributed by atoms with van der Waals surface area (Å²) in [7, 11) is 1.82. The highest BCUT2D eigenvalue weighted by atomic mass is 14.9. The maximum Gasteiger partial charge on any atom is 0.0420 e. The van der Waals surface area contributed by atoms with E-state index < -0.39 is 0 Å². The summed E-state index contributed by atoms with van der Waals surface area (Å²) in [6.45, 7) is 1.16. The Labute approximate surface area is 50.0 Å². The van der Waals surface area contributed by atoms with E-state index in [4.69, 9.17) is 0 Å². The fraction of sp³-hybridized carbons (Fsp3) is 0.833. The van der Waals surface area contributed by atoms with Gasteiger partial charge in [-0.2, -0.15) is 0 Å². The molecule has 1 atom stereocenters. The van der Waals surface area contributed by atoms with E-state index in [1.54, 1.807) is 0 Å². The molecule has 0 aromatic carbocycles. The van der Waals surface area contributed by atoms with E-state index >= 15 is 0 Å². The highest BCUT2D eigenvalue weighted by Gasteiger charge is 2.09. The van der Waals surface area contributed by atoms with Crippen molar-refractivity contribution in [2.24, 2.45) is 4.99 Å². The summed E-state index contributed by atoms with van der Waals surface area (Å²) < 4.78 is 0. The van der Waals surface area contributed by atoms with Crippen LogP contribution < -0.4 is 5.32 Å². The summed E-state index contributed by atoms with van der Waals surface area (Å²) in [5, 5.41) is 3.31. The fourth-order valence-corrected chi connectivity index (χ4v) is 1.02. The van der Waals surface area contributed by atoms with E-state index in [1.807, 2.05) is 13.3 Å². The lowest BCUT2D eigenvalue weighted by Gasteiger charge is -1.98. The number of nitrogens with one attached hydrogen (secondary N) is 1. The quantitative estimate of drug-likeness (QED) is 0.489. The molecule has 0 aromatic rings. The minimum Gasteiger partial charge on any atom is -0.309 e. The Morgan fingerprint density at radius 2 is 2.62 bits per heavy atom. The summed E-state index contributed by atoms with van der Waals surface area (Å²) in [4.78, 5) is 3.93. The molecule has 8 heavy (non-hydrogen) atoms. The molecule has 0 radical (unpaired) electrons. The van der Waals surface area contributed by atoms with Crippen LogP contribution >= 0.6 is 0 Å². The van der Waals surface area contributed by atoms with Crippen LogP contribution in [0.15, 0.2) is 4.99 Å². The predicted molar refractivity (Wildman–Crippen MR) is 35.4 cm³/mol. The van der Waals surface area contributed by atoms with E-state index in [9.17, 15) is 0 Å². The number of nitrogens with zero attached hydrogens (tertiary/aromatic N) is 1. The van der Waals surface area contributed by atoms with Crippen molar-refractivity contribution >= 4 is 6.21 Å². The van der Waals surface area contributed by atoms with Gasteiger partial charge in [0.1, 0.15) is 0 Å². The molecule has 1 heterocycles. The van der Waals surface area contributed by atoms with E-state index in [0.717, 1.165) is 6.54 Å². The van der Waals surface area contributed by atoms with Crippen LogP contribution in [0.1, 0.15) is 12.8 Å². The third kappa shape index (κ3) is 1.30. The van der Waals surface area contributed by atoms with E-state index in [1.165, 1.54) is 12.8 Å². The first-order chi connectivity index (χ1) is 3.93. The van der Waals surface area contributed by atoms with Crippen LogP contribution in [0.2, 0.25) is 0 Å². The topological polar surface area (TPSA) is 24.4 Å². The first kappa shape index (κ1) is 5.76. The molecule has 0 aromatic heterocycles. The molecular weight excluding hydrogens is 100 g/mol. The third-order valence-corrected chi connectivity index (χ3v) is 1.43. The van der Waals surface area contributed by atoms with Gasteiger partial charge in [0.2, 0.25) is 0 Å². The summed E-state index contributed by atoms with van der Waals surface area (Å²) in [5.41, 5.74) is 0. The molecule has 1 aliphatic rings. The smallest absolute Gasteiger partial charge is 0.0420 e. The second-order valence-electron chi connectivity index (χ2n) is 2.11. The summed E-state index contributed by atoms with van der Waals surface area (Å²) >= 11 is 0. The first-order valence-electron chi connectivity index (χ1n) is 3.09. The van der Waals surface area contributed by atoms with Gasteiger partial charge in [0, 0.05) is 19.3 Å². The van der Waals surface area contributed by atoms with Crippen molar-refractivity contribution < 1.29 is 0 Å². The minimum atomic E-state index is 0.569. The normalized spacial score (nSPS) is 29.9. The van der Waals surface area contributed by atoms with Crippen LogP contribution in [0.25, 0.3) is 0 Å². The average Bonchev–Trinajstić information content (AvgIpc) is 2.19. The first-order valence-corrected chi connectivity index (χ1v) is 3.09. The van der Waals surface area contributed by atoms with Crippen LogP contribution in [0.3, 0.4) is 0 Å². The van der Waals surface area contributed by atoms with Gasteiger partial charge in [0.25, 0.3) is 0 Å². The highest BCUT2D eigenvalue weighted by molar-refractivity contribution is 5.64. The van der Waals surface area contributed by atoms with Gasteiger partial charge < -0.3 is 5.32 Å². The van der Waals surface area contributed by atoms with Gasteiger partial charge in [-0.25, -0.2) is 0 Å². The molecule has 1 aliphatic heterocycles. The third-order valence-electron chi connectivity index (χ3n) is 1.43. The molecule has 46 valence electrons. The molecule has 1 rings (SSSR count). The Bertz CT molecular complexity index is 82.5. The molecule has 1 N–H and O–H groups in total. The van der Waals surface area contributed by atoms with E-state index in [2.05, 4.69) is 10.3 Å². The Morgan fingerprint density at radius 3 is 3.12 bits per heavy atom. The standard InChI is InChI=1S/C6H12N2/c1-7-5-6-3-2-4-8-6/h5-6,8H,2-4H2,1H3/b7-5+/t6-/m1/s1. The molecule has 2 heteroatoms. The molecule has 2 nitrogen and oxygen atoms in total. The van der Waals surface area contributed by atoms with Crippen LogP contribution in [-0.4, -0.2) is 25.8 Å². The predicted octanol–water partition coefficient (Wildman–Crippen LogP) is 0.439. The van der Waals surface area contributed by atoms with Gasteiger partial charge in [-0.05, 0) is 19.4 Å². The zero-order chi connectivity index (χ0) is 5.82. The van der Waals surface area contributed by atoms with Crippen LogP contribution in [0.5, 0.6) is 0 Å². The Balaban J connectivity index is 2.24. The van der Waals surface area contributed by atoms with Crippen molar-refractivity contribution in [2.75, 3.05) is 13.6 Å². The highest BCUT2D eigenvalue weighted by Crippen LogP contribution is 2.01. The van der Waals surface area contributed by atoms with Gasteiger partial charge in [-0.3, -0.25) is 4.99 Å². The fourth-order valence-electron chi connectivity index (χ4n) is 1.02. The van der Waals surface area contributed by atoms with E-state index in [-0.39, 0.29) is 0 Å². The second-order valence-corrected chi connectivity index (χ2v) is 2.11. The molecule has 0 bridgehead atoms. The number of hydrogen-bond donors (Lipinski definition) is 1. The molecule has 0 spiro atoms. The molecular formula is C6H12N2. The van der Waals surface area contributed by atoms with Crippen LogP contribution in [-0.2, 0) is 0 Å². The summed E-state index contributed by atoms with van der Waals surface area (Å²) in [6.07, 6.45) is 4.54. The van der Waals surface area contributed by atoms with Gasteiger partial charge in [0.05, 0.1) is 0 Å². The zero-order valence-corrected chi connectivity index (χ0v) is 5.22. The molecule has 0 saturated carbocycles. The van der Waals surface area contributed by atoms with Gasteiger partial charge >= 0.3 is 0 Å². The van der Waals surface area contributed by atoms with Gasteiger partial charge in [-0.15, -0.1) is 0 Å². The van der Waals surface area contributed by atoms with Crippen LogP contribution in [0.4, 0.5) is 0 Å². The SMILES string of the molecule is C/N=C/[C@H]1CCCN1. The zero-order valence-electron chi connectivity index (χ0n) is 5.22. The molecule has 0 amide bonds. The Hall–Kier alpha value is -0.370. The van der Waals surface area contributed by atoms with Gasteiger partial charge in [0.15, 0.2) is 0 Å². The Morgan fingerprint density at radius 1 is 1.75 bits per heavy atom. The average molecular weight is 112 g/mol. The number of hydrogen-bond acceptors (Lipinski definition) is 2. The molecule has 1 saturated heterocycles. The van der Waals surface area contributed by atoms with Gasteiger partial charge in [-0.1, -0.05) is 0 Å². The number of rotatable bonds is 1. The van der Waals surface area contributed by atoms with Crippen molar-refractivity contribution in [3.63, 3.8) is 0 Å². The van der Waals surface area contributed by atoms with Crippen LogP contribution in [0, 0.1) is 0 Å². The monoisotopic (exact) mass is 112 g/mol.